The van der Waals surface area contributed by atoms with Crippen LogP contribution in [0.3, 0.4) is 0 Å². The van der Waals surface area contributed by atoms with Crippen LogP contribution < -0.4 is 5.43 Å². The zero-order chi connectivity index (χ0) is 20.9. The third kappa shape index (κ3) is 3.90. The summed E-state index contributed by atoms with van der Waals surface area (Å²) >= 11 is 0. The molecule has 0 saturated carbocycles. The van der Waals surface area contributed by atoms with Gasteiger partial charge in [-0.2, -0.15) is 5.10 Å². The number of hydrazone groups is 1. The van der Waals surface area contributed by atoms with E-state index in [9.17, 15) is 14.9 Å². The monoisotopic (exact) mass is 400 g/mol. The maximum Gasteiger partial charge on any atom is 0.278 e. The van der Waals surface area contributed by atoms with Gasteiger partial charge in [0.25, 0.3) is 11.6 Å². The fourth-order valence-corrected chi connectivity index (χ4v) is 3.04. The van der Waals surface area contributed by atoms with E-state index in [1.54, 1.807) is 35.0 Å². The van der Waals surface area contributed by atoms with E-state index in [1.165, 1.54) is 12.3 Å². The summed E-state index contributed by atoms with van der Waals surface area (Å²) < 4.78 is 1.76. The number of para-hydroxylation sites is 3. The molecule has 0 bridgehead atoms. The van der Waals surface area contributed by atoms with Crippen LogP contribution in [0.1, 0.15) is 5.56 Å². The summed E-state index contributed by atoms with van der Waals surface area (Å²) in [5, 5.41) is 14.9. The second kappa shape index (κ2) is 8.31. The van der Waals surface area contributed by atoms with Gasteiger partial charge in [-0.1, -0.05) is 30.3 Å². The molecule has 0 unspecified atom stereocenters. The van der Waals surface area contributed by atoms with Crippen molar-refractivity contribution in [3.63, 3.8) is 0 Å². The van der Waals surface area contributed by atoms with E-state index >= 15 is 0 Å². The summed E-state index contributed by atoms with van der Waals surface area (Å²) in [6.07, 6.45) is 2.91. The number of amides is 1. The zero-order valence-electron chi connectivity index (χ0n) is 15.7. The van der Waals surface area contributed by atoms with Gasteiger partial charge in [0.1, 0.15) is 12.2 Å². The molecular weight excluding hydrogens is 384 g/mol. The Kier molecular flexibility index (Phi) is 5.25. The minimum absolute atomic E-state index is 0.0410. The molecule has 0 radical (unpaired) electrons. The number of imidazole rings is 1. The summed E-state index contributed by atoms with van der Waals surface area (Å²) in [6, 6.07) is 19.1. The Bertz CT molecular complexity index is 1250. The highest BCUT2D eigenvalue weighted by molar-refractivity contribution is 5.87. The molecule has 9 nitrogen and oxygen atoms in total. The molecule has 4 rings (SSSR count). The number of carbonyl (C=O) groups excluding carboxylic acids is 1. The second-order valence-electron chi connectivity index (χ2n) is 6.33. The van der Waals surface area contributed by atoms with Crippen LogP contribution in [0.2, 0.25) is 0 Å². The van der Waals surface area contributed by atoms with Crippen LogP contribution in [-0.2, 0) is 11.3 Å². The summed E-state index contributed by atoms with van der Waals surface area (Å²) in [5.41, 5.74) is 4.80. The highest BCUT2D eigenvalue weighted by Gasteiger charge is 2.16. The van der Waals surface area contributed by atoms with E-state index in [1.807, 2.05) is 36.4 Å². The highest BCUT2D eigenvalue weighted by Crippen LogP contribution is 2.23. The smallest absolute Gasteiger partial charge is 0.278 e. The van der Waals surface area contributed by atoms with E-state index in [-0.39, 0.29) is 12.2 Å². The average Bonchev–Trinajstić information content (AvgIpc) is 3.13. The van der Waals surface area contributed by atoms with Gasteiger partial charge in [-0.3, -0.25) is 19.9 Å². The van der Waals surface area contributed by atoms with E-state index in [4.69, 9.17) is 0 Å². The first kappa shape index (κ1) is 18.9. The molecule has 1 N–H and O–H groups in total. The molecule has 2 heterocycles. The first-order valence-electron chi connectivity index (χ1n) is 9.05. The molecule has 4 aromatic rings. The normalized spacial score (nSPS) is 11.1. The van der Waals surface area contributed by atoms with Gasteiger partial charge in [0.2, 0.25) is 0 Å². The lowest BCUT2D eigenvalue weighted by atomic mass is 10.2. The standard InChI is InChI=1S/C21H16N6O3/c28-20(25-23-13-15-7-1-3-10-18(15)27(29)30)14-26-19-11-4-2-8-16(19)24-21(26)17-9-5-6-12-22-17/h1-13H,14H2,(H,25,28)/b23-13-. The molecule has 2 aromatic carbocycles. The number of nitro groups is 1. The number of nitrogens with one attached hydrogen (secondary N) is 1. The molecule has 0 aliphatic heterocycles. The summed E-state index contributed by atoms with van der Waals surface area (Å²) in [6.45, 7) is -0.0410. The van der Waals surface area contributed by atoms with Crippen molar-refractivity contribution in [2.75, 3.05) is 0 Å². The van der Waals surface area contributed by atoms with Gasteiger partial charge in [-0.15, -0.1) is 0 Å². The number of pyridine rings is 1. The Balaban J connectivity index is 1.57. The topological polar surface area (TPSA) is 115 Å². The van der Waals surface area contributed by atoms with Crippen LogP contribution in [0.4, 0.5) is 5.69 Å². The molecule has 148 valence electrons. The van der Waals surface area contributed by atoms with Gasteiger partial charge >= 0.3 is 0 Å². The lowest BCUT2D eigenvalue weighted by molar-refractivity contribution is -0.385. The molecular formula is C21H16N6O3. The first-order chi connectivity index (χ1) is 14.6. The largest absolute Gasteiger partial charge is 0.313 e. The zero-order valence-corrected chi connectivity index (χ0v) is 15.7. The van der Waals surface area contributed by atoms with Crippen LogP contribution >= 0.6 is 0 Å². The quantitative estimate of drug-likeness (QED) is 0.303. The van der Waals surface area contributed by atoms with E-state index in [0.29, 0.717) is 17.1 Å². The number of carbonyl (C=O) groups is 1. The maximum atomic E-state index is 12.5. The van der Waals surface area contributed by atoms with Crippen LogP contribution in [0.25, 0.3) is 22.6 Å². The first-order valence-corrected chi connectivity index (χ1v) is 9.05. The second-order valence-corrected chi connectivity index (χ2v) is 6.33. The predicted molar refractivity (Wildman–Crippen MR) is 112 cm³/mol. The average molecular weight is 400 g/mol. The number of hydrogen-bond acceptors (Lipinski definition) is 6. The molecule has 0 aliphatic rings. The maximum absolute atomic E-state index is 12.5. The number of nitrogens with zero attached hydrogens (tertiary/aromatic N) is 5. The van der Waals surface area contributed by atoms with Gasteiger partial charge in [0.05, 0.1) is 27.7 Å². The fourth-order valence-electron chi connectivity index (χ4n) is 3.04. The van der Waals surface area contributed by atoms with Crippen LogP contribution in [0.5, 0.6) is 0 Å². The van der Waals surface area contributed by atoms with E-state index < -0.39 is 10.8 Å². The number of benzene rings is 2. The van der Waals surface area contributed by atoms with Crippen LogP contribution in [-0.4, -0.2) is 31.6 Å². The molecule has 9 heteroatoms. The third-order valence-corrected chi connectivity index (χ3v) is 4.38. The van der Waals surface area contributed by atoms with Crippen molar-refractivity contribution in [3.8, 4) is 11.5 Å². The number of hydrogen-bond donors (Lipinski definition) is 1. The summed E-state index contributed by atoms with van der Waals surface area (Å²) in [5.74, 6) is 0.166. The van der Waals surface area contributed by atoms with Gasteiger partial charge in [0.15, 0.2) is 5.82 Å². The molecule has 0 fully saturated rings. The fraction of sp³-hybridized carbons (Fsp3) is 0.0476. The summed E-state index contributed by atoms with van der Waals surface area (Å²) in [4.78, 5) is 32.0. The van der Waals surface area contributed by atoms with Crippen molar-refractivity contribution < 1.29 is 9.72 Å². The lowest BCUT2D eigenvalue weighted by Gasteiger charge is -2.07. The van der Waals surface area contributed by atoms with Gasteiger partial charge in [-0.05, 0) is 30.3 Å². The Labute approximate surface area is 170 Å². The van der Waals surface area contributed by atoms with Crippen LogP contribution in [0, 0.1) is 10.1 Å². The van der Waals surface area contributed by atoms with Gasteiger partial charge < -0.3 is 4.57 Å². The highest BCUT2D eigenvalue weighted by atomic mass is 16.6. The number of nitro benzene ring substituents is 1. The summed E-state index contributed by atoms with van der Waals surface area (Å²) in [7, 11) is 0. The van der Waals surface area contributed by atoms with E-state index in [2.05, 4.69) is 20.5 Å². The Morgan fingerprint density at radius 2 is 1.87 bits per heavy atom. The Morgan fingerprint density at radius 1 is 1.10 bits per heavy atom. The lowest BCUT2D eigenvalue weighted by Crippen LogP contribution is -2.23. The third-order valence-electron chi connectivity index (χ3n) is 4.38. The van der Waals surface area contributed by atoms with Crippen molar-refractivity contribution in [3.05, 3.63) is 88.6 Å². The Morgan fingerprint density at radius 3 is 2.67 bits per heavy atom. The minimum atomic E-state index is -0.500. The van der Waals surface area contributed by atoms with Crippen molar-refractivity contribution in [2.45, 2.75) is 6.54 Å². The molecule has 0 spiro atoms. The molecule has 0 saturated heterocycles. The molecule has 0 aliphatic carbocycles. The van der Waals surface area contributed by atoms with Crippen molar-refractivity contribution in [1.29, 1.82) is 0 Å². The van der Waals surface area contributed by atoms with Gasteiger partial charge in [0, 0.05) is 12.3 Å². The molecule has 0 atom stereocenters. The van der Waals surface area contributed by atoms with Gasteiger partial charge in [-0.25, -0.2) is 10.4 Å². The molecule has 30 heavy (non-hydrogen) atoms. The SMILES string of the molecule is O=C(Cn1c(-c2ccccn2)nc2ccccc21)N/N=C\c1ccccc1[N+](=O)[O-]. The number of rotatable bonds is 6. The molecule has 2 aromatic heterocycles. The Hall–Kier alpha value is -4.40. The van der Waals surface area contributed by atoms with Crippen molar-refractivity contribution >= 4 is 28.8 Å². The van der Waals surface area contributed by atoms with E-state index in [0.717, 1.165) is 11.0 Å². The minimum Gasteiger partial charge on any atom is -0.313 e. The van der Waals surface area contributed by atoms with Crippen LogP contribution in [0.15, 0.2) is 78.0 Å². The van der Waals surface area contributed by atoms with Crippen molar-refractivity contribution in [1.82, 2.24) is 20.0 Å². The van der Waals surface area contributed by atoms with Crippen molar-refractivity contribution in [2.24, 2.45) is 5.10 Å². The predicted octanol–water partition coefficient (Wildman–Crippen LogP) is 3.16. The number of aromatic nitrogens is 3. The number of fused-ring (bicyclic) bond motifs is 1. The molecule has 1 amide bonds.